The Balaban J connectivity index is 1.21. The number of benzene rings is 2. The smallest absolute Gasteiger partial charge is 0.421 e. The van der Waals surface area contributed by atoms with Gasteiger partial charge in [-0.2, -0.15) is 5.10 Å². The van der Waals surface area contributed by atoms with Crippen LogP contribution in [0.4, 0.5) is 22.1 Å². The highest BCUT2D eigenvalue weighted by Crippen LogP contribution is 2.67. The van der Waals surface area contributed by atoms with Gasteiger partial charge in [0.1, 0.15) is 22.1 Å². The Hall–Kier alpha value is -4.97. The summed E-state index contributed by atoms with van der Waals surface area (Å²) < 4.78 is 16.9. The molecule has 1 aliphatic heterocycles. The lowest BCUT2D eigenvalue weighted by molar-refractivity contribution is -0.120. The lowest BCUT2D eigenvalue weighted by Gasteiger charge is -2.24. The molecule has 45 heavy (non-hydrogen) atoms. The van der Waals surface area contributed by atoms with Gasteiger partial charge in [-0.25, -0.2) is 19.7 Å². The van der Waals surface area contributed by atoms with Gasteiger partial charge in [-0.3, -0.25) is 9.89 Å². The maximum absolute atomic E-state index is 14.1. The van der Waals surface area contributed by atoms with E-state index in [0.29, 0.717) is 41.8 Å². The number of thiazole rings is 1. The number of H-pyrrole nitrogens is 1. The lowest BCUT2D eigenvalue weighted by atomic mass is 9.91. The third-order valence-electron chi connectivity index (χ3n) is 8.08. The van der Waals surface area contributed by atoms with Crippen molar-refractivity contribution in [3.05, 3.63) is 71.2 Å². The molecule has 1 unspecified atom stereocenters. The van der Waals surface area contributed by atoms with Gasteiger partial charge in [-0.15, -0.1) is 11.3 Å². The highest BCUT2D eigenvalue weighted by Gasteiger charge is 2.68. The first-order valence-electron chi connectivity index (χ1n) is 14.7. The molecule has 2 aromatic carbocycles. The van der Waals surface area contributed by atoms with Gasteiger partial charge in [0.15, 0.2) is 17.4 Å². The van der Waals surface area contributed by atoms with Crippen LogP contribution in [0.2, 0.25) is 0 Å². The van der Waals surface area contributed by atoms with Crippen LogP contribution in [0.25, 0.3) is 21.6 Å². The van der Waals surface area contributed by atoms with Gasteiger partial charge >= 0.3 is 6.09 Å². The van der Waals surface area contributed by atoms with Crippen molar-refractivity contribution in [3.63, 3.8) is 0 Å². The van der Waals surface area contributed by atoms with E-state index < -0.39 is 17.1 Å². The van der Waals surface area contributed by atoms with E-state index in [9.17, 15) is 9.59 Å². The number of amides is 2. The van der Waals surface area contributed by atoms with Crippen LogP contribution in [0.3, 0.4) is 0 Å². The number of hydrogen-bond acceptors (Lipinski definition) is 10. The van der Waals surface area contributed by atoms with E-state index in [4.69, 9.17) is 19.2 Å². The fourth-order valence-corrected chi connectivity index (χ4v) is 6.65. The van der Waals surface area contributed by atoms with E-state index in [1.54, 1.807) is 46.2 Å². The van der Waals surface area contributed by atoms with Crippen molar-refractivity contribution in [2.24, 2.45) is 0 Å². The zero-order chi connectivity index (χ0) is 31.5. The third kappa shape index (κ3) is 4.85. The lowest BCUT2D eigenvalue weighted by Crippen LogP contribution is -2.41. The summed E-state index contributed by atoms with van der Waals surface area (Å²) in [6.07, 6.45) is 1.62. The Kier molecular flexibility index (Phi) is 6.77. The van der Waals surface area contributed by atoms with Crippen molar-refractivity contribution in [2.75, 3.05) is 23.9 Å². The van der Waals surface area contributed by atoms with Crippen LogP contribution in [0.5, 0.6) is 11.5 Å². The molecule has 4 heterocycles. The number of aromatic amines is 1. The molecule has 1 saturated carbocycles. The minimum Gasteiger partial charge on any atom is -0.497 e. The van der Waals surface area contributed by atoms with Crippen molar-refractivity contribution in [2.45, 2.75) is 51.0 Å². The zero-order valence-electron chi connectivity index (χ0n) is 25.5. The Morgan fingerprint density at radius 1 is 1.16 bits per heavy atom. The minimum atomic E-state index is -0.887. The average molecular weight is 625 g/mol. The molecule has 5 aromatic rings. The monoisotopic (exact) mass is 624 g/mol. The standard InChI is InChI=1S/C33H32N6O5S/c1-6-43-26-12-10-23(29-34-13-14-45-29)35-28(26)36-27-20-9-7-18(15-24(20)37-38-27)22-17-33(22)21-16-19(42-5)8-11-25(21)39(30(33)40)31(41)44-32(2,3)4/h7-16,22H,6,17H2,1-5H3,(H2,35,36,37,38)/t22?,33-/m0/s1. The highest BCUT2D eigenvalue weighted by atomic mass is 32.1. The summed E-state index contributed by atoms with van der Waals surface area (Å²) >= 11 is 1.51. The van der Waals surface area contributed by atoms with Crippen molar-refractivity contribution >= 4 is 51.6 Å². The predicted molar refractivity (Wildman–Crippen MR) is 172 cm³/mol. The Morgan fingerprint density at radius 2 is 2.00 bits per heavy atom. The Labute approximate surface area is 263 Å². The molecule has 0 radical (unpaired) electrons. The van der Waals surface area contributed by atoms with Gasteiger partial charge in [-0.1, -0.05) is 6.07 Å². The molecule has 2 aliphatic rings. The molecule has 12 heteroatoms. The van der Waals surface area contributed by atoms with Crippen LogP contribution in [0.1, 0.15) is 51.2 Å². The number of anilines is 3. The summed E-state index contributed by atoms with van der Waals surface area (Å²) in [5, 5.41) is 14.6. The van der Waals surface area contributed by atoms with Crippen molar-refractivity contribution in [3.8, 4) is 22.2 Å². The highest BCUT2D eigenvalue weighted by molar-refractivity contribution is 7.13. The molecule has 0 bridgehead atoms. The molecule has 3 aromatic heterocycles. The maximum atomic E-state index is 14.1. The number of imide groups is 1. The van der Waals surface area contributed by atoms with E-state index in [0.717, 1.165) is 32.7 Å². The summed E-state index contributed by atoms with van der Waals surface area (Å²) in [7, 11) is 1.58. The number of rotatable bonds is 7. The number of ether oxygens (including phenoxy) is 3. The van der Waals surface area contributed by atoms with Crippen LogP contribution in [0, 0.1) is 0 Å². The number of carbonyl (C=O) groups excluding carboxylic acids is 2. The van der Waals surface area contributed by atoms with Gasteiger partial charge < -0.3 is 19.5 Å². The first kappa shape index (κ1) is 28.8. The number of aromatic nitrogens is 4. The van der Waals surface area contributed by atoms with Gasteiger partial charge in [0.2, 0.25) is 5.91 Å². The second-order valence-corrected chi connectivity index (χ2v) is 12.9. The predicted octanol–water partition coefficient (Wildman–Crippen LogP) is 6.94. The summed E-state index contributed by atoms with van der Waals surface area (Å²) in [6.45, 7) is 7.75. The Bertz CT molecular complexity index is 1950. The topological polar surface area (TPSA) is 132 Å². The first-order valence-corrected chi connectivity index (χ1v) is 15.6. The van der Waals surface area contributed by atoms with Crippen LogP contribution in [-0.2, 0) is 14.9 Å². The van der Waals surface area contributed by atoms with Gasteiger partial charge in [0, 0.05) is 22.9 Å². The van der Waals surface area contributed by atoms with Crippen molar-refractivity contribution in [1.82, 2.24) is 20.2 Å². The number of carbonyl (C=O) groups is 2. The van der Waals surface area contributed by atoms with E-state index >= 15 is 0 Å². The number of nitrogens with one attached hydrogen (secondary N) is 2. The number of nitrogens with zero attached hydrogens (tertiary/aromatic N) is 4. The fraction of sp³-hybridized carbons (Fsp3) is 0.303. The van der Waals surface area contributed by atoms with E-state index in [2.05, 4.69) is 20.5 Å². The zero-order valence-corrected chi connectivity index (χ0v) is 26.3. The van der Waals surface area contributed by atoms with Crippen LogP contribution in [-0.4, -0.2) is 51.5 Å². The number of pyridine rings is 1. The number of fused-ring (bicyclic) bond motifs is 3. The molecule has 0 saturated heterocycles. The average Bonchev–Trinajstić information content (AvgIpc) is 3.26. The maximum Gasteiger partial charge on any atom is 0.421 e. The van der Waals surface area contributed by atoms with Crippen LogP contribution < -0.4 is 19.7 Å². The molecular weight excluding hydrogens is 592 g/mol. The van der Waals surface area contributed by atoms with Crippen LogP contribution in [0.15, 0.2) is 60.1 Å². The number of hydrogen-bond donors (Lipinski definition) is 2. The summed E-state index contributed by atoms with van der Waals surface area (Å²) in [5.41, 5.74) is 2.16. The molecule has 7 rings (SSSR count). The molecule has 2 amide bonds. The second kappa shape index (κ2) is 10.6. The largest absolute Gasteiger partial charge is 0.497 e. The summed E-state index contributed by atoms with van der Waals surface area (Å²) in [4.78, 5) is 37.6. The summed E-state index contributed by atoms with van der Waals surface area (Å²) in [5.74, 6) is 1.92. The van der Waals surface area contributed by atoms with Crippen molar-refractivity contribution < 1.29 is 23.8 Å². The quantitative estimate of drug-likeness (QED) is 0.198. The Morgan fingerprint density at radius 3 is 2.73 bits per heavy atom. The molecule has 230 valence electrons. The molecular formula is C33H32N6O5S. The molecule has 2 atom stereocenters. The molecule has 2 N–H and O–H groups in total. The SMILES string of the molecule is CCOc1ccc(-c2nccs2)nc1Nc1n[nH]c2cc(C3C[C@@]34C(=O)N(C(=O)OC(C)(C)C)c3ccc(OC)cc34)ccc12. The fourth-order valence-electron chi connectivity index (χ4n) is 6.05. The normalized spacial score (nSPS) is 18.7. The first-order chi connectivity index (χ1) is 21.6. The third-order valence-corrected chi connectivity index (χ3v) is 8.88. The number of methoxy groups -OCH3 is 1. The van der Waals surface area contributed by atoms with Crippen LogP contribution >= 0.6 is 11.3 Å². The van der Waals surface area contributed by atoms with Gasteiger partial charge in [0.25, 0.3) is 0 Å². The van der Waals surface area contributed by atoms with E-state index in [-0.39, 0.29) is 11.8 Å². The molecule has 1 fully saturated rings. The van der Waals surface area contributed by atoms with E-state index in [1.807, 2.05) is 48.7 Å². The molecule has 1 spiro atoms. The second-order valence-electron chi connectivity index (χ2n) is 12.0. The molecule has 1 aliphatic carbocycles. The molecule has 11 nitrogen and oxygen atoms in total. The minimum absolute atomic E-state index is 0.145. The van der Waals surface area contributed by atoms with Crippen molar-refractivity contribution in [1.29, 1.82) is 0 Å². The summed E-state index contributed by atoms with van der Waals surface area (Å²) in [6, 6.07) is 15.1. The van der Waals surface area contributed by atoms with Gasteiger partial charge in [-0.05, 0) is 87.7 Å². The van der Waals surface area contributed by atoms with Gasteiger partial charge in [0.05, 0.1) is 30.3 Å². The van der Waals surface area contributed by atoms with E-state index in [1.165, 1.54) is 16.2 Å².